The number of aryl methyl sites for hydroxylation is 2. The molecule has 3 heteroatoms. The largest absolute Gasteiger partial charge is 0.365 e. The highest BCUT2D eigenvalue weighted by atomic mass is 15.1. The Hall–Kier alpha value is -2.29. The number of H-pyrrole nitrogens is 1. The van der Waals surface area contributed by atoms with Crippen LogP contribution in [-0.4, -0.2) is 16.5 Å². The van der Waals surface area contributed by atoms with Crippen molar-refractivity contribution in [1.29, 1.82) is 0 Å². The Balaban J connectivity index is 1.80. The lowest BCUT2D eigenvalue weighted by molar-refractivity contribution is 0.733. The van der Waals surface area contributed by atoms with E-state index in [9.17, 15) is 0 Å². The van der Waals surface area contributed by atoms with Gasteiger partial charge in [-0.1, -0.05) is 24.3 Å². The van der Waals surface area contributed by atoms with Gasteiger partial charge in [0.05, 0.1) is 16.7 Å². The lowest BCUT2D eigenvalue weighted by Gasteiger charge is -2.31. The first-order chi connectivity index (χ1) is 10.2. The minimum absolute atomic E-state index is 0.979. The van der Waals surface area contributed by atoms with Crippen LogP contribution in [0.1, 0.15) is 22.4 Å². The zero-order valence-corrected chi connectivity index (χ0v) is 12.5. The molecule has 0 spiro atoms. The van der Waals surface area contributed by atoms with Gasteiger partial charge < -0.3 is 9.88 Å². The number of nitrogens with zero attached hydrogens (tertiary/aromatic N) is 2. The maximum absolute atomic E-state index is 4.54. The minimum Gasteiger partial charge on any atom is -0.365 e. The normalized spacial score (nSPS) is 14.5. The fraction of sp³-hybridized carbons (Fsp3) is 0.278. The van der Waals surface area contributed by atoms with Crippen LogP contribution in [0.25, 0.3) is 11.0 Å². The second-order valence-corrected chi connectivity index (χ2v) is 5.87. The number of pyridine rings is 1. The topological polar surface area (TPSA) is 31.9 Å². The number of aromatic nitrogens is 2. The fourth-order valence-electron chi connectivity index (χ4n) is 3.28. The number of fused-ring (bicyclic) bond motifs is 2. The van der Waals surface area contributed by atoms with Crippen molar-refractivity contribution in [3.8, 4) is 0 Å². The van der Waals surface area contributed by atoms with E-state index in [0.29, 0.717) is 0 Å². The van der Waals surface area contributed by atoms with E-state index in [2.05, 4.69) is 59.0 Å². The summed E-state index contributed by atoms with van der Waals surface area (Å²) in [6, 6.07) is 10.9. The van der Waals surface area contributed by atoms with Gasteiger partial charge in [0.2, 0.25) is 0 Å². The lowest BCUT2D eigenvalue weighted by Crippen LogP contribution is -2.30. The zero-order chi connectivity index (χ0) is 14.4. The molecule has 1 aliphatic heterocycles. The molecule has 1 aliphatic rings. The van der Waals surface area contributed by atoms with Crippen LogP contribution in [-0.2, 0) is 13.0 Å². The first kappa shape index (κ1) is 12.5. The van der Waals surface area contributed by atoms with Gasteiger partial charge in [0.15, 0.2) is 0 Å². The average molecular weight is 277 g/mol. The molecular weight excluding hydrogens is 258 g/mol. The quantitative estimate of drug-likeness (QED) is 0.734. The molecule has 1 aromatic carbocycles. The molecular formula is C18H19N3. The van der Waals surface area contributed by atoms with Crippen LogP contribution in [0.3, 0.4) is 0 Å². The van der Waals surface area contributed by atoms with Crippen LogP contribution in [0.4, 0.5) is 5.69 Å². The lowest BCUT2D eigenvalue weighted by atomic mass is 9.99. The van der Waals surface area contributed by atoms with Crippen molar-refractivity contribution in [1.82, 2.24) is 9.97 Å². The number of aromatic amines is 1. The van der Waals surface area contributed by atoms with Crippen molar-refractivity contribution in [2.45, 2.75) is 26.8 Å². The molecule has 0 unspecified atom stereocenters. The van der Waals surface area contributed by atoms with E-state index in [1.165, 1.54) is 33.6 Å². The van der Waals surface area contributed by atoms with E-state index >= 15 is 0 Å². The number of hydrogen-bond donors (Lipinski definition) is 1. The Kier molecular flexibility index (Phi) is 2.74. The van der Waals surface area contributed by atoms with Gasteiger partial charge in [-0.2, -0.15) is 0 Å². The highest BCUT2D eigenvalue weighted by Gasteiger charge is 2.19. The van der Waals surface area contributed by atoms with Crippen LogP contribution >= 0.6 is 0 Å². The van der Waals surface area contributed by atoms with Crippen LogP contribution < -0.4 is 4.90 Å². The molecule has 0 atom stereocenters. The average Bonchev–Trinajstić information content (AvgIpc) is 2.82. The molecule has 0 aliphatic carbocycles. The third-order valence-corrected chi connectivity index (χ3v) is 4.63. The van der Waals surface area contributed by atoms with Crippen molar-refractivity contribution in [3.63, 3.8) is 0 Å². The van der Waals surface area contributed by atoms with E-state index in [0.717, 1.165) is 25.0 Å². The van der Waals surface area contributed by atoms with Gasteiger partial charge in [-0.25, -0.2) is 0 Å². The molecule has 0 saturated carbocycles. The molecule has 0 bridgehead atoms. The number of anilines is 1. The van der Waals surface area contributed by atoms with Gasteiger partial charge in [0.1, 0.15) is 0 Å². The first-order valence-corrected chi connectivity index (χ1v) is 7.49. The van der Waals surface area contributed by atoms with Crippen LogP contribution in [0.2, 0.25) is 0 Å². The molecule has 21 heavy (non-hydrogen) atoms. The highest BCUT2D eigenvalue weighted by Crippen LogP contribution is 2.31. The van der Waals surface area contributed by atoms with E-state index in [1.54, 1.807) is 0 Å². The van der Waals surface area contributed by atoms with E-state index in [1.807, 2.05) is 6.20 Å². The van der Waals surface area contributed by atoms with Crippen LogP contribution in [0, 0.1) is 13.8 Å². The van der Waals surface area contributed by atoms with E-state index in [-0.39, 0.29) is 0 Å². The SMILES string of the molecule is Cc1[nH]c2c(N3CCc4ccccc4C3)ccnc2c1C. The number of benzene rings is 1. The molecule has 4 rings (SSSR count). The zero-order valence-electron chi connectivity index (χ0n) is 12.5. The monoisotopic (exact) mass is 277 g/mol. The van der Waals surface area contributed by atoms with Gasteiger partial charge in [-0.15, -0.1) is 0 Å². The molecule has 0 amide bonds. The Morgan fingerprint density at radius 2 is 1.90 bits per heavy atom. The first-order valence-electron chi connectivity index (χ1n) is 7.49. The smallest absolute Gasteiger partial charge is 0.0932 e. The summed E-state index contributed by atoms with van der Waals surface area (Å²) in [4.78, 5) is 10.5. The van der Waals surface area contributed by atoms with Crippen molar-refractivity contribution >= 4 is 16.7 Å². The van der Waals surface area contributed by atoms with Gasteiger partial charge in [0, 0.05) is 25.0 Å². The second-order valence-electron chi connectivity index (χ2n) is 5.87. The van der Waals surface area contributed by atoms with Gasteiger partial charge in [-0.05, 0) is 43.0 Å². The third kappa shape index (κ3) is 1.92. The standard InChI is InChI=1S/C18H19N3/c1-12-13(2)20-18-16(7-9-19-17(12)18)21-10-8-14-5-3-4-6-15(14)11-21/h3-7,9,20H,8,10-11H2,1-2H3. The minimum atomic E-state index is 0.979. The van der Waals surface area contributed by atoms with Crippen LogP contribution in [0.5, 0.6) is 0 Å². The van der Waals surface area contributed by atoms with Gasteiger partial charge >= 0.3 is 0 Å². The fourth-order valence-corrected chi connectivity index (χ4v) is 3.28. The Labute approximate surface area is 124 Å². The molecule has 2 aromatic heterocycles. The highest BCUT2D eigenvalue weighted by molar-refractivity contribution is 5.91. The summed E-state index contributed by atoms with van der Waals surface area (Å²) in [6.45, 7) is 6.29. The van der Waals surface area contributed by atoms with Crippen molar-refractivity contribution in [2.75, 3.05) is 11.4 Å². The van der Waals surface area contributed by atoms with Crippen molar-refractivity contribution in [2.24, 2.45) is 0 Å². The second kappa shape index (κ2) is 4.62. The third-order valence-electron chi connectivity index (χ3n) is 4.63. The summed E-state index contributed by atoms with van der Waals surface area (Å²) >= 11 is 0. The Bertz CT molecular complexity index is 816. The molecule has 0 radical (unpaired) electrons. The predicted molar refractivity (Wildman–Crippen MR) is 86.8 cm³/mol. The molecule has 1 N–H and O–H groups in total. The Morgan fingerprint density at radius 1 is 1.10 bits per heavy atom. The maximum Gasteiger partial charge on any atom is 0.0932 e. The molecule has 3 nitrogen and oxygen atoms in total. The van der Waals surface area contributed by atoms with Crippen LogP contribution in [0.15, 0.2) is 36.5 Å². The number of nitrogens with one attached hydrogen (secondary N) is 1. The van der Waals surface area contributed by atoms with E-state index < -0.39 is 0 Å². The summed E-state index contributed by atoms with van der Waals surface area (Å²) in [5.41, 5.74) is 8.93. The van der Waals surface area contributed by atoms with Crippen molar-refractivity contribution in [3.05, 3.63) is 58.9 Å². The summed E-state index contributed by atoms with van der Waals surface area (Å²) in [7, 11) is 0. The summed E-state index contributed by atoms with van der Waals surface area (Å²) in [5.74, 6) is 0. The molecule has 106 valence electrons. The van der Waals surface area contributed by atoms with Crippen molar-refractivity contribution < 1.29 is 0 Å². The molecule has 0 saturated heterocycles. The summed E-state index contributed by atoms with van der Waals surface area (Å²) in [6.07, 6.45) is 3.04. The molecule has 3 heterocycles. The Morgan fingerprint density at radius 3 is 2.76 bits per heavy atom. The number of hydrogen-bond acceptors (Lipinski definition) is 2. The molecule has 3 aromatic rings. The number of rotatable bonds is 1. The van der Waals surface area contributed by atoms with Gasteiger partial charge in [-0.3, -0.25) is 4.98 Å². The summed E-state index contributed by atoms with van der Waals surface area (Å²) < 4.78 is 0. The van der Waals surface area contributed by atoms with E-state index in [4.69, 9.17) is 0 Å². The van der Waals surface area contributed by atoms with Gasteiger partial charge in [0.25, 0.3) is 0 Å². The maximum atomic E-state index is 4.54. The summed E-state index contributed by atoms with van der Waals surface area (Å²) in [5, 5.41) is 0. The predicted octanol–water partition coefficient (Wildman–Crippen LogP) is 3.74. The molecule has 0 fully saturated rings.